The first kappa shape index (κ1) is 22.2. The van der Waals surface area contributed by atoms with Crippen molar-refractivity contribution < 1.29 is 13.2 Å². The Morgan fingerprint density at radius 2 is 1.93 bits per heavy atom. The van der Waals surface area contributed by atoms with Crippen LogP contribution in [0.4, 0.5) is 18.9 Å². The molecular weight excluding hydrogens is 486 g/mol. The van der Waals surface area contributed by atoms with Gasteiger partial charge in [-0.15, -0.1) is 34.2 Å². The van der Waals surface area contributed by atoms with Gasteiger partial charge >= 0.3 is 6.18 Å². The molecule has 1 aliphatic rings. The SMILES string of the molecule is CN=C(NCc1nncn1C)N1CCN(c2cccc(C(F)(F)F)c2)CC1.I. The molecule has 0 amide bonds. The molecule has 1 fully saturated rings. The van der Waals surface area contributed by atoms with Gasteiger partial charge in [0.15, 0.2) is 11.8 Å². The summed E-state index contributed by atoms with van der Waals surface area (Å²) in [4.78, 5) is 8.34. The van der Waals surface area contributed by atoms with Crippen molar-refractivity contribution in [1.29, 1.82) is 0 Å². The third-order valence-electron chi connectivity index (χ3n) is 4.54. The Bertz CT molecular complexity index is 798. The number of alkyl halides is 3. The molecule has 1 saturated heterocycles. The number of halogens is 4. The molecule has 1 aliphatic heterocycles. The van der Waals surface area contributed by atoms with E-state index in [1.165, 1.54) is 12.1 Å². The lowest BCUT2D eigenvalue weighted by atomic mass is 10.1. The topological polar surface area (TPSA) is 61.6 Å². The molecule has 28 heavy (non-hydrogen) atoms. The molecule has 0 aliphatic carbocycles. The van der Waals surface area contributed by atoms with Crippen molar-refractivity contribution in [3.05, 3.63) is 42.0 Å². The van der Waals surface area contributed by atoms with Crippen LogP contribution in [0.3, 0.4) is 0 Å². The number of aromatic nitrogens is 3. The van der Waals surface area contributed by atoms with Crippen molar-refractivity contribution in [3.63, 3.8) is 0 Å². The normalized spacial score (nSPS) is 15.4. The number of piperazine rings is 1. The maximum Gasteiger partial charge on any atom is 0.416 e. The van der Waals surface area contributed by atoms with Crippen LogP contribution in [0.5, 0.6) is 0 Å². The number of nitrogens with one attached hydrogen (secondary N) is 1. The molecular formula is C17H23F3IN7. The highest BCUT2D eigenvalue weighted by Crippen LogP contribution is 2.31. The Morgan fingerprint density at radius 1 is 1.21 bits per heavy atom. The van der Waals surface area contributed by atoms with Crippen LogP contribution in [0.2, 0.25) is 0 Å². The number of benzene rings is 1. The number of hydrogen-bond acceptors (Lipinski definition) is 4. The molecule has 3 rings (SSSR count). The predicted molar refractivity (Wildman–Crippen MR) is 112 cm³/mol. The Balaban J connectivity index is 0.00000280. The van der Waals surface area contributed by atoms with Gasteiger partial charge in [-0.1, -0.05) is 6.07 Å². The van der Waals surface area contributed by atoms with Gasteiger partial charge in [-0.05, 0) is 18.2 Å². The number of aliphatic imine (C=N–C) groups is 1. The van der Waals surface area contributed by atoms with Gasteiger partial charge in [0, 0.05) is 46.0 Å². The number of anilines is 1. The minimum Gasteiger partial charge on any atom is -0.368 e. The van der Waals surface area contributed by atoms with Crippen molar-refractivity contribution in [3.8, 4) is 0 Å². The minimum absolute atomic E-state index is 0. The summed E-state index contributed by atoms with van der Waals surface area (Å²) in [5, 5.41) is 11.1. The van der Waals surface area contributed by atoms with Crippen LogP contribution < -0.4 is 10.2 Å². The van der Waals surface area contributed by atoms with Crippen LogP contribution in [0.1, 0.15) is 11.4 Å². The second kappa shape index (κ2) is 9.43. The van der Waals surface area contributed by atoms with Crippen molar-refractivity contribution in [2.75, 3.05) is 38.1 Å². The summed E-state index contributed by atoms with van der Waals surface area (Å²) in [6, 6.07) is 5.47. The van der Waals surface area contributed by atoms with E-state index in [-0.39, 0.29) is 24.0 Å². The fraction of sp³-hybridized carbons (Fsp3) is 0.471. The number of aryl methyl sites for hydroxylation is 1. The molecule has 0 bridgehead atoms. The number of guanidine groups is 1. The second-order valence-electron chi connectivity index (χ2n) is 6.28. The van der Waals surface area contributed by atoms with Gasteiger partial charge < -0.3 is 19.7 Å². The quantitative estimate of drug-likeness (QED) is 0.391. The van der Waals surface area contributed by atoms with E-state index in [9.17, 15) is 13.2 Å². The first-order valence-corrected chi connectivity index (χ1v) is 8.59. The first-order valence-electron chi connectivity index (χ1n) is 8.59. The lowest BCUT2D eigenvalue weighted by molar-refractivity contribution is -0.137. The van der Waals surface area contributed by atoms with Crippen LogP contribution in [-0.2, 0) is 19.8 Å². The molecule has 0 radical (unpaired) electrons. The van der Waals surface area contributed by atoms with Crippen LogP contribution in [0.15, 0.2) is 35.6 Å². The van der Waals surface area contributed by atoms with E-state index in [0.29, 0.717) is 38.4 Å². The summed E-state index contributed by atoms with van der Waals surface area (Å²) in [6.07, 6.45) is -2.70. The highest BCUT2D eigenvalue weighted by atomic mass is 127. The largest absolute Gasteiger partial charge is 0.416 e. The summed E-state index contributed by atoms with van der Waals surface area (Å²) in [5.41, 5.74) is -0.0323. The van der Waals surface area contributed by atoms with E-state index in [0.717, 1.165) is 17.9 Å². The van der Waals surface area contributed by atoms with E-state index >= 15 is 0 Å². The van der Waals surface area contributed by atoms with Gasteiger partial charge in [-0.3, -0.25) is 4.99 Å². The zero-order valence-corrected chi connectivity index (χ0v) is 18.0. The highest BCUT2D eigenvalue weighted by molar-refractivity contribution is 14.0. The minimum atomic E-state index is -4.33. The molecule has 1 aromatic heterocycles. The van der Waals surface area contributed by atoms with Gasteiger partial charge in [-0.25, -0.2) is 0 Å². The summed E-state index contributed by atoms with van der Waals surface area (Å²) in [5.74, 6) is 1.53. The van der Waals surface area contributed by atoms with E-state index in [1.54, 1.807) is 19.4 Å². The van der Waals surface area contributed by atoms with E-state index in [4.69, 9.17) is 0 Å². The van der Waals surface area contributed by atoms with Crippen molar-refractivity contribution in [2.45, 2.75) is 12.7 Å². The third-order valence-corrected chi connectivity index (χ3v) is 4.54. The fourth-order valence-electron chi connectivity index (χ4n) is 3.01. The molecule has 2 heterocycles. The zero-order valence-electron chi connectivity index (χ0n) is 15.6. The lowest BCUT2D eigenvalue weighted by Crippen LogP contribution is -2.52. The van der Waals surface area contributed by atoms with Gasteiger partial charge in [0.05, 0.1) is 12.1 Å². The first-order chi connectivity index (χ1) is 12.9. The van der Waals surface area contributed by atoms with Crippen LogP contribution >= 0.6 is 24.0 Å². The number of nitrogens with zero attached hydrogens (tertiary/aromatic N) is 6. The molecule has 0 spiro atoms. The highest BCUT2D eigenvalue weighted by Gasteiger charge is 2.31. The molecule has 7 nitrogen and oxygen atoms in total. The Labute approximate surface area is 178 Å². The Hall–Kier alpha value is -2.05. The molecule has 154 valence electrons. The summed E-state index contributed by atoms with van der Waals surface area (Å²) < 4.78 is 40.6. The third kappa shape index (κ3) is 5.26. The van der Waals surface area contributed by atoms with E-state index in [1.807, 2.05) is 16.5 Å². The van der Waals surface area contributed by atoms with Crippen molar-refractivity contribution >= 4 is 35.6 Å². The lowest BCUT2D eigenvalue weighted by Gasteiger charge is -2.37. The van der Waals surface area contributed by atoms with Gasteiger partial charge in [0.25, 0.3) is 0 Å². The van der Waals surface area contributed by atoms with Crippen LogP contribution in [-0.4, -0.2) is 58.9 Å². The molecule has 2 aromatic rings. The molecule has 11 heteroatoms. The smallest absolute Gasteiger partial charge is 0.368 e. The maximum atomic E-state index is 12.9. The molecule has 0 unspecified atom stereocenters. The molecule has 0 atom stereocenters. The van der Waals surface area contributed by atoms with E-state index in [2.05, 4.69) is 25.4 Å². The molecule has 1 aromatic carbocycles. The standard InChI is InChI=1S/C17H22F3N7.HI/c1-21-16(22-11-15-24-23-12-25(15)2)27-8-6-26(7-9-27)14-5-3-4-13(10-14)17(18,19)20;/h3-5,10,12H,6-9,11H2,1-2H3,(H,21,22);1H. The van der Waals surface area contributed by atoms with Gasteiger partial charge in [-0.2, -0.15) is 13.2 Å². The number of rotatable bonds is 3. The molecule has 1 N–H and O–H groups in total. The number of hydrogen-bond donors (Lipinski definition) is 1. The summed E-state index contributed by atoms with van der Waals surface area (Å²) >= 11 is 0. The molecule has 0 saturated carbocycles. The van der Waals surface area contributed by atoms with E-state index < -0.39 is 11.7 Å². The zero-order chi connectivity index (χ0) is 19.4. The van der Waals surface area contributed by atoms with Crippen molar-refractivity contribution in [1.82, 2.24) is 25.0 Å². The fourth-order valence-corrected chi connectivity index (χ4v) is 3.01. The second-order valence-corrected chi connectivity index (χ2v) is 6.28. The average Bonchev–Trinajstić information content (AvgIpc) is 3.07. The monoisotopic (exact) mass is 509 g/mol. The predicted octanol–water partition coefficient (Wildman–Crippen LogP) is 2.35. The van der Waals surface area contributed by atoms with Crippen LogP contribution in [0, 0.1) is 0 Å². The maximum absolute atomic E-state index is 12.9. The van der Waals surface area contributed by atoms with Gasteiger partial charge in [0.2, 0.25) is 0 Å². The van der Waals surface area contributed by atoms with Crippen LogP contribution in [0.25, 0.3) is 0 Å². The summed E-state index contributed by atoms with van der Waals surface area (Å²) in [6.45, 7) is 3.05. The average molecular weight is 509 g/mol. The van der Waals surface area contributed by atoms with Crippen molar-refractivity contribution in [2.24, 2.45) is 12.0 Å². The Morgan fingerprint density at radius 3 is 2.50 bits per heavy atom. The van der Waals surface area contributed by atoms with Gasteiger partial charge in [0.1, 0.15) is 6.33 Å². The summed E-state index contributed by atoms with van der Waals surface area (Å²) in [7, 11) is 3.58. The Kier molecular flexibility index (Phi) is 7.49.